The van der Waals surface area contributed by atoms with E-state index in [0.29, 0.717) is 23.9 Å². The third-order valence-electron chi connectivity index (χ3n) is 2.70. The summed E-state index contributed by atoms with van der Waals surface area (Å²) in [6, 6.07) is 7.14. The molecule has 1 aromatic carbocycles. The van der Waals surface area contributed by atoms with E-state index in [9.17, 15) is 4.79 Å². The molecule has 0 bridgehead atoms. The van der Waals surface area contributed by atoms with Gasteiger partial charge in [-0.1, -0.05) is 6.07 Å². The van der Waals surface area contributed by atoms with E-state index in [1.54, 1.807) is 24.3 Å². The largest absolute Gasteiger partial charge is 0.460 e. The van der Waals surface area contributed by atoms with Gasteiger partial charge in [0.25, 0.3) is 0 Å². The Kier molecular flexibility index (Phi) is 3.41. The first-order chi connectivity index (χ1) is 7.75. The van der Waals surface area contributed by atoms with Crippen molar-refractivity contribution in [2.24, 2.45) is 0 Å². The first kappa shape index (κ1) is 11.0. The summed E-state index contributed by atoms with van der Waals surface area (Å²) in [5, 5.41) is 3.27. The highest BCUT2D eigenvalue weighted by Gasteiger charge is 2.16. The third kappa shape index (κ3) is 2.73. The van der Waals surface area contributed by atoms with E-state index in [-0.39, 0.29) is 5.97 Å². The van der Waals surface area contributed by atoms with Gasteiger partial charge in [-0.25, -0.2) is 4.79 Å². The number of carbonyl (C=O) groups is 1. The lowest BCUT2D eigenvalue weighted by Gasteiger charge is -2.10. The van der Waals surface area contributed by atoms with Crippen LogP contribution in [0.2, 0.25) is 0 Å². The number of esters is 1. The van der Waals surface area contributed by atoms with Crippen molar-refractivity contribution in [3.05, 3.63) is 29.8 Å². The molecule has 0 aliphatic carbocycles. The maximum atomic E-state index is 11.6. The van der Waals surface area contributed by atoms with Crippen molar-refractivity contribution in [1.82, 2.24) is 5.32 Å². The molecule has 1 aliphatic rings. The first-order valence-electron chi connectivity index (χ1n) is 5.52. The van der Waals surface area contributed by atoms with Crippen LogP contribution in [0.25, 0.3) is 0 Å². The molecule has 0 amide bonds. The van der Waals surface area contributed by atoms with Crippen LogP contribution in [0, 0.1) is 0 Å². The third-order valence-corrected chi connectivity index (χ3v) is 2.70. The summed E-state index contributed by atoms with van der Waals surface area (Å²) in [7, 11) is 0. The highest BCUT2D eigenvalue weighted by molar-refractivity contribution is 5.90. The molecule has 86 valence electrons. The zero-order valence-corrected chi connectivity index (χ0v) is 9.11. The molecule has 0 radical (unpaired) electrons. The van der Waals surface area contributed by atoms with Crippen molar-refractivity contribution < 1.29 is 9.53 Å². The van der Waals surface area contributed by atoms with Gasteiger partial charge in [-0.05, 0) is 37.6 Å². The molecule has 0 aromatic heterocycles. The number of hydrogen-bond donors (Lipinski definition) is 2. The lowest BCUT2D eigenvalue weighted by molar-refractivity contribution is 0.0473. The molecule has 4 nitrogen and oxygen atoms in total. The van der Waals surface area contributed by atoms with E-state index in [0.717, 1.165) is 19.4 Å². The summed E-state index contributed by atoms with van der Waals surface area (Å²) in [5.74, 6) is -0.305. The van der Waals surface area contributed by atoms with Gasteiger partial charge in [0.1, 0.15) is 6.61 Å². The van der Waals surface area contributed by atoms with Crippen molar-refractivity contribution >= 4 is 11.7 Å². The van der Waals surface area contributed by atoms with Crippen molar-refractivity contribution in [3.8, 4) is 0 Å². The number of rotatable bonds is 3. The molecule has 0 spiro atoms. The number of benzene rings is 1. The molecule has 0 saturated carbocycles. The molecule has 1 aromatic rings. The zero-order chi connectivity index (χ0) is 11.4. The zero-order valence-electron chi connectivity index (χ0n) is 9.11. The van der Waals surface area contributed by atoms with E-state index in [1.165, 1.54) is 0 Å². The van der Waals surface area contributed by atoms with Gasteiger partial charge in [0, 0.05) is 11.7 Å². The van der Waals surface area contributed by atoms with Crippen LogP contribution in [-0.4, -0.2) is 25.2 Å². The molecule has 1 atom stereocenters. The quantitative estimate of drug-likeness (QED) is 0.593. The van der Waals surface area contributed by atoms with Crippen molar-refractivity contribution in [2.75, 3.05) is 18.9 Å². The number of nitrogens with two attached hydrogens (primary N) is 1. The van der Waals surface area contributed by atoms with Gasteiger partial charge in [-0.3, -0.25) is 0 Å². The highest BCUT2D eigenvalue weighted by Crippen LogP contribution is 2.10. The minimum atomic E-state index is -0.305. The van der Waals surface area contributed by atoms with Crippen LogP contribution < -0.4 is 11.1 Å². The molecule has 3 N–H and O–H groups in total. The molecule has 1 fully saturated rings. The molecule has 1 saturated heterocycles. The monoisotopic (exact) mass is 220 g/mol. The van der Waals surface area contributed by atoms with E-state index < -0.39 is 0 Å². The Morgan fingerprint density at radius 2 is 2.44 bits per heavy atom. The summed E-state index contributed by atoms with van der Waals surface area (Å²) < 4.78 is 5.21. The molecule has 16 heavy (non-hydrogen) atoms. The Balaban J connectivity index is 1.87. The number of anilines is 1. The predicted molar refractivity (Wildman–Crippen MR) is 62.2 cm³/mol. The van der Waals surface area contributed by atoms with Crippen LogP contribution in [0.3, 0.4) is 0 Å². The lowest BCUT2D eigenvalue weighted by atomic mass is 10.2. The summed E-state index contributed by atoms with van der Waals surface area (Å²) in [6.45, 7) is 1.45. The minimum Gasteiger partial charge on any atom is -0.460 e. The van der Waals surface area contributed by atoms with Gasteiger partial charge in [-0.2, -0.15) is 0 Å². The van der Waals surface area contributed by atoms with Crippen LogP contribution in [0.15, 0.2) is 24.3 Å². The van der Waals surface area contributed by atoms with Gasteiger partial charge >= 0.3 is 5.97 Å². The average molecular weight is 220 g/mol. The highest BCUT2D eigenvalue weighted by atomic mass is 16.5. The number of ether oxygens (including phenoxy) is 1. The Bertz CT molecular complexity index is 373. The van der Waals surface area contributed by atoms with Crippen LogP contribution in [0.5, 0.6) is 0 Å². The second kappa shape index (κ2) is 4.99. The Morgan fingerprint density at radius 3 is 3.12 bits per heavy atom. The van der Waals surface area contributed by atoms with Crippen LogP contribution >= 0.6 is 0 Å². The van der Waals surface area contributed by atoms with Gasteiger partial charge in [0.15, 0.2) is 0 Å². The standard InChI is InChI=1S/C12H16N2O2/c13-10-4-1-3-9(7-10)12(15)16-8-11-5-2-6-14-11/h1,3-4,7,11,14H,2,5-6,8,13H2. The molecular formula is C12H16N2O2. The van der Waals surface area contributed by atoms with Gasteiger partial charge in [0.2, 0.25) is 0 Å². The Hall–Kier alpha value is -1.55. The summed E-state index contributed by atoms with van der Waals surface area (Å²) in [5.41, 5.74) is 6.68. The van der Waals surface area contributed by atoms with E-state index in [2.05, 4.69) is 5.32 Å². The van der Waals surface area contributed by atoms with Gasteiger partial charge < -0.3 is 15.8 Å². The van der Waals surface area contributed by atoms with Crippen molar-refractivity contribution in [1.29, 1.82) is 0 Å². The number of nitrogens with one attached hydrogen (secondary N) is 1. The maximum Gasteiger partial charge on any atom is 0.338 e. The SMILES string of the molecule is Nc1cccc(C(=O)OCC2CCCN2)c1. The fourth-order valence-electron chi connectivity index (χ4n) is 1.82. The topological polar surface area (TPSA) is 64.4 Å². The summed E-state index contributed by atoms with van der Waals surface area (Å²) >= 11 is 0. The maximum absolute atomic E-state index is 11.6. The predicted octanol–water partition coefficient (Wildman–Crippen LogP) is 1.18. The van der Waals surface area contributed by atoms with Gasteiger partial charge in [0.05, 0.1) is 5.56 Å². The second-order valence-corrected chi connectivity index (χ2v) is 4.02. The van der Waals surface area contributed by atoms with Crippen molar-refractivity contribution in [3.63, 3.8) is 0 Å². The normalized spacial score (nSPS) is 19.6. The first-order valence-corrected chi connectivity index (χ1v) is 5.52. The molecule has 4 heteroatoms. The molecule has 1 aliphatic heterocycles. The van der Waals surface area contributed by atoms with Gasteiger partial charge in [-0.15, -0.1) is 0 Å². The fraction of sp³-hybridized carbons (Fsp3) is 0.417. The molecular weight excluding hydrogens is 204 g/mol. The Labute approximate surface area is 94.8 Å². The molecule has 1 heterocycles. The summed E-state index contributed by atoms with van der Waals surface area (Å²) in [6.07, 6.45) is 2.23. The smallest absolute Gasteiger partial charge is 0.338 e. The van der Waals surface area contributed by atoms with Crippen LogP contribution in [0.1, 0.15) is 23.2 Å². The molecule has 2 rings (SSSR count). The van der Waals surface area contributed by atoms with E-state index >= 15 is 0 Å². The lowest BCUT2D eigenvalue weighted by Crippen LogP contribution is -2.28. The van der Waals surface area contributed by atoms with Crippen LogP contribution in [0.4, 0.5) is 5.69 Å². The average Bonchev–Trinajstić information content (AvgIpc) is 2.78. The Morgan fingerprint density at radius 1 is 1.56 bits per heavy atom. The summed E-state index contributed by atoms with van der Waals surface area (Å²) in [4.78, 5) is 11.6. The van der Waals surface area contributed by atoms with E-state index in [1.807, 2.05) is 0 Å². The number of nitrogen functional groups attached to an aromatic ring is 1. The van der Waals surface area contributed by atoms with Crippen LogP contribution in [-0.2, 0) is 4.74 Å². The number of hydrogen-bond acceptors (Lipinski definition) is 4. The second-order valence-electron chi connectivity index (χ2n) is 4.02. The van der Waals surface area contributed by atoms with Crippen molar-refractivity contribution in [2.45, 2.75) is 18.9 Å². The molecule has 1 unspecified atom stereocenters. The fourth-order valence-corrected chi connectivity index (χ4v) is 1.82. The minimum absolute atomic E-state index is 0.305. The number of carbonyl (C=O) groups excluding carboxylic acids is 1. The van der Waals surface area contributed by atoms with E-state index in [4.69, 9.17) is 10.5 Å².